The van der Waals surface area contributed by atoms with E-state index in [-0.39, 0.29) is 12.1 Å². The molecule has 1 saturated heterocycles. The molecule has 3 rings (SSSR count). The van der Waals surface area contributed by atoms with Gasteiger partial charge in [0, 0.05) is 24.0 Å². The van der Waals surface area contributed by atoms with E-state index in [4.69, 9.17) is 19.5 Å². The number of ether oxygens (including phenoxy) is 1. The van der Waals surface area contributed by atoms with Gasteiger partial charge in [-0.2, -0.15) is 0 Å². The molecule has 1 amide bonds. The lowest BCUT2D eigenvalue weighted by molar-refractivity contribution is -0.271. The van der Waals surface area contributed by atoms with Crippen molar-refractivity contribution >= 4 is 33.1 Å². The van der Waals surface area contributed by atoms with Gasteiger partial charge in [-0.1, -0.05) is 15.9 Å². The highest BCUT2D eigenvalue weighted by Crippen LogP contribution is 2.26. The molecular formula is C20H28BrN3O4. The van der Waals surface area contributed by atoms with Crippen LogP contribution >= 0.6 is 15.9 Å². The number of carbonyl (C=O) groups is 1. The topological polar surface area (TPSA) is 65.8 Å². The minimum absolute atomic E-state index is 0.0815. The molecule has 1 unspecified atom stereocenters. The number of hydrogen-bond acceptors (Lipinski definition) is 5. The van der Waals surface area contributed by atoms with Crippen molar-refractivity contribution in [2.45, 2.75) is 58.2 Å². The van der Waals surface area contributed by atoms with Gasteiger partial charge in [-0.15, -0.1) is 0 Å². The molecule has 1 aromatic heterocycles. The zero-order chi connectivity index (χ0) is 20.3. The van der Waals surface area contributed by atoms with Gasteiger partial charge in [0.2, 0.25) is 0 Å². The van der Waals surface area contributed by atoms with Crippen molar-refractivity contribution in [3.63, 3.8) is 0 Å². The maximum atomic E-state index is 12.6. The molecule has 1 fully saturated rings. The van der Waals surface area contributed by atoms with Crippen LogP contribution in [-0.2, 0) is 27.5 Å². The first kappa shape index (κ1) is 21.1. The lowest BCUT2D eigenvalue weighted by Gasteiger charge is -2.29. The molecule has 1 aliphatic heterocycles. The largest absolute Gasteiger partial charge is 0.444 e. The number of nitrogens with zero attached hydrogens (tertiary/aromatic N) is 3. The van der Waals surface area contributed by atoms with Crippen LogP contribution in [0.25, 0.3) is 11.0 Å². The van der Waals surface area contributed by atoms with Gasteiger partial charge < -0.3 is 14.2 Å². The van der Waals surface area contributed by atoms with Crippen LogP contribution in [0, 0.1) is 0 Å². The molecule has 7 nitrogen and oxygen atoms in total. The molecule has 154 valence electrons. The number of fused-ring (bicyclic) bond motifs is 1. The van der Waals surface area contributed by atoms with Crippen LogP contribution in [0.15, 0.2) is 22.7 Å². The smallest absolute Gasteiger partial charge is 0.410 e. The van der Waals surface area contributed by atoms with Crippen LogP contribution in [-0.4, -0.2) is 52.4 Å². The zero-order valence-electron chi connectivity index (χ0n) is 16.9. The summed E-state index contributed by atoms with van der Waals surface area (Å²) in [5.74, 6) is 0.918. The summed E-state index contributed by atoms with van der Waals surface area (Å²) in [6, 6.07) is 6.15. The van der Waals surface area contributed by atoms with Crippen LogP contribution in [0.4, 0.5) is 4.79 Å². The van der Waals surface area contributed by atoms with Gasteiger partial charge in [0.25, 0.3) is 0 Å². The Labute approximate surface area is 174 Å². The third kappa shape index (κ3) is 5.04. The number of rotatable bonds is 6. The summed E-state index contributed by atoms with van der Waals surface area (Å²) in [6.07, 6.45) is 2.30. The molecule has 2 heterocycles. The monoisotopic (exact) mass is 453 g/mol. The van der Waals surface area contributed by atoms with E-state index in [1.807, 2.05) is 37.8 Å². The number of halogens is 1. The fourth-order valence-electron chi connectivity index (χ4n) is 3.56. The highest BCUT2D eigenvalue weighted by atomic mass is 79.9. The molecule has 1 aliphatic rings. The summed E-state index contributed by atoms with van der Waals surface area (Å²) in [7, 11) is 1.50. The molecule has 1 aromatic carbocycles. The predicted molar refractivity (Wildman–Crippen MR) is 110 cm³/mol. The van der Waals surface area contributed by atoms with Crippen LogP contribution in [0.2, 0.25) is 0 Å². The minimum atomic E-state index is -0.499. The number of hydrogen-bond donors (Lipinski definition) is 0. The summed E-state index contributed by atoms with van der Waals surface area (Å²) in [6.45, 7) is 7.50. The van der Waals surface area contributed by atoms with Gasteiger partial charge in [-0.3, -0.25) is 0 Å². The molecule has 8 heteroatoms. The number of likely N-dealkylation sites (tertiary alicyclic amines) is 1. The predicted octanol–water partition coefficient (Wildman–Crippen LogP) is 4.32. The second-order valence-electron chi connectivity index (χ2n) is 7.98. The van der Waals surface area contributed by atoms with Gasteiger partial charge in [-0.25, -0.2) is 19.6 Å². The van der Waals surface area contributed by atoms with E-state index >= 15 is 0 Å². The van der Waals surface area contributed by atoms with E-state index in [9.17, 15) is 4.79 Å². The third-order valence-corrected chi connectivity index (χ3v) is 5.21. The maximum absolute atomic E-state index is 12.6. The summed E-state index contributed by atoms with van der Waals surface area (Å²) in [4.78, 5) is 29.0. The molecule has 0 spiro atoms. The quantitative estimate of drug-likeness (QED) is 0.370. The van der Waals surface area contributed by atoms with E-state index < -0.39 is 5.60 Å². The Kier molecular flexibility index (Phi) is 6.62. The number of benzene rings is 1. The van der Waals surface area contributed by atoms with E-state index in [0.717, 1.165) is 40.7 Å². The average Bonchev–Trinajstić information content (AvgIpc) is 3.19. The Morgan fingerprint density at radius 1 is 1.36 bits per heavy atom. The lowest BCUT2D eigenvalue weighted by Crippen LogP contribution is -2.41. The van der Waals surface area contributed by atoms with Crippen molar-refractivity contribution in [1.29, 1.82) is 0 Å². The van der Waals surface area contributed by atoms with E-state index in [1.165, 1.54) is 7.11 Å². The summed E-state index contributed by atoms with van der Waals surface area (Å²) < 4.78 is 8.78. The van der Waals surface area contributed by atoms with Crippen molar-refractivity contribution in [3.05, 3.63) is 28.5 Å². The van der Waals surface area contributed by atoms with Crippen LogP contribution in [0.3, 0.4) is 0 Å². The Balaban J connectivity index is 1.85. The number of amides is 1. The van der Waals surface area contributed by atoms with Crippen LogP contribution < -0.4 is 0 Å². The number of carbonyl (C=O) groups excluding carboxylic acids is 1. The molecule has 0 N–H and O–H groups in total. The number of imidazole rings is 1. The van der Waals surface area contributed by atoms with Crippen molar-refractivity contribution in [3.8, 4) is 0 Å². The summed E-state index contributed by atoms with van der Waals surface area (Å²) in [5.41, 5.74) is 1.47. The maximum Gasteiger partial charge on any atom is 0.410 e. The van der Waals surface area contributed by atoms with E-state index in [2.05, 4.69) is 26.6 Å². The Hall–Kier alpha value is -1.64. The highest BCUT2D eigenvalue weighted by Gasteiger charge is 2.33. The fourth-order valence-corrected chi connectivity index (χ4v) is 3.91. The number of aromatic nitrogens is 2. The molecule has 0 bridgehead atoms. The molecule has 28 heavy (non-hydrogen) atoms. The molecule has 0 aliphatic carbocycles. The first-order valence-electron chi connectivity index (χ1n) is 9.58. The molecular weight excluding hydrogens is 426 g/mol. The van der Waals surface area contributed by atoms with Crippen molar-refractivity contribution in [2.24, 2.45) is 0 Å². The second kappa shape index (κ2) is 8.80. The third-order valence-electron chi connectivity index (χ3n) is 4.71. The van der Waals surface area contributed by atoms with Crippen LogP contribution in [0.1, 0.15) is 39.4 Å². The van der Waals surface area contributed by atoms with E-state index in [1.54, 1.807) is 0 Å². The van der Waals surface area contributed by atoms with Gasteiger partial charge >= 0.3 is 6.09 Å². The Morgan fingerprint density at radius 2 is 2.14 bits per heavy atom. The summed E-state index contributed by atoms with van der Waals surface area (Å²) >= 11 is 3.51. The SMILES string of the molecule is COOCCc1nc2cc(Br)ccc2n1CC1CCCN1C(=O)OC(C)(C)C. The molecule has 0 radical (unpaired) electrons. The molecule has 2 aromatic rings. The molecule has 0 saturated carbocycles. The van der Waals surface area contributed by atoms with Crippen molar-refractivity contribution < 1.29 is 19.3 Å². The Morgan fingerprint density at radius 3 is 2.86 bits per heavy atom. The van der Waals surface area contributed by atoms with Crippen LogP contribution in [0.5, 0.6) is 0 Å². The van der Waals surface area contributed by atoms with Gasteiger partial charge in [0.05, 0.1) is 30.8 Å². The highest BCUT2D eigenvalue weighted by molar-refractivity contribution is 9.10. The van der Waals surface area contributed by atoms with Gasteiger partial charge in [0.1, 0.15) is 11.4 Å². The minimum Gasteiger partial charge on any atom is -0.444 e. The van der Waals surface area contributed by atoms with Crippen molar-refractivity contribution in [2.75, 3.05) is 20.3 Å². The average molecular weight is 454 g/mol. The first-order valence-corrected chi connectivity index (χ1v) is 10.4. The van der Waals surface area contributed by atoms with Crippen molar-refractivity contribution in [1.82, 2.24) is 14.5 Å². The lowest BCUT2D eigenvalue weighted by atomic mass is 10.2. The standard InChI is InChI=1S/C20H28BrN3O4/c1-20(2,3)28-19(25)23-10-5-6-15(23)13-24-17-8-7-14(21)12-16(17)22-18(24)9-11-27-26-4/h7-8,12,15H,5-6,9-11,13H2,1-4H3. The first-order chi connectivity index (χ1) is 13.3. The second-order valence-corrected chi connectivity index (χ2v) is 8.90. The van der Waals surface area contributed by atoms with Gasteiger partial charge in [0.15, 0.2) is 0 Å². The zero-order valence-corrected chi connectivity index (χ0v) is 18.5. The fraction of sp³-hybridized carbons (Fsp3) is 0.600. The van der Waals surface area contributed by atoms with E-state index in [0.29, 0.717) is 19.6 Å². The normalized spacial score (nSPS) is 17.5. The Bertz CT molecular complexity index is 831. The summed E-state index contributed by atoms with van der Waals surface area (Å²) in [5, 5.41) is 0. The molecule has 1 atom stereocenters. The van der Waals surface area contributed by atoms with Gasteiger partial charge in [-0.05, 0) is 51.8 Å².